The fourth-order valence-electron chi connectivity index (χ4n) is 0.952. The maximum Gasteiger partial charge on any atom is 0.254 e. The predicted molar refractivity (Wildman–Crippen MR) is 55.9 cm³/mol. The number of aromatic nitrogens is 1. The summed E-state index contributed by atoms with van der Waals surface area (Å²) < 4.78 is 23.2. The monoisotopic (exact) mass is 215 g/mol. The fraction of sp³-hybridized carbons (Fsp3) is 0.727. The molecule has 1 aromatic rings. The van der Waals surface area contributed by atoms with Crippen molar-refractivity contribution in [3.05, 3.63) is 11.8 Å². The highest BCUT2D eigenvalue weighted by Gasteiger charge is 2.21. The van der Waals surface area contributed by atoms with E-state index in [0.717, 1.165) is 5.76 Å². The molecule has 0 fully saturated rings. The number of rotatable bonds is 3. The van der Waals surface area contributed by atoms with E-state index in [1.807, 2.05) is 20.8 Å². The second-order valence-corrected chi connectivity index (χ2v) is 4.78. The van der Waals surface area contributed by atoms with Gasteiger partial charge < -0.3 is 9.26 Å². The normalized spacial score (nSPS) is 16.1. The standard InChI is InChI=1S/C11H18FNO2/c1-7(12)8(2)14-10-6-9(15-13-10)11(3,4)5/h6-8H,1-5H3. The molecule has 0 aliphatic heterocycles. The summed E-state index contributed by atoms with van der Waals surface area (Å²) in [6, 6.07) is 1.71. The van der Waals surface area contributed by atoms with Gasteiger partial charge in [-0.15, -0.1) is 0 Å². The zero-order valence-corrected chi connectivity index (χ0v) is 9.87. The van der Waals surface area contributed by atoms with Gasteiger partial charge in [0.15, 0.2) is 0 Å². The lowest BCUT2D eigenvalue weighted by molar-refractivity contribution is 0.116. The molecule has 86 valence electrons. The summed E-state index contributed by atoms with van der Waals surface area (Å²) >= 11 is 0. The van der Waals surface area contributed by atoms with Gasteiger partial charge in [0, 0.05) is 11.5 Å². The van der Waals surface area contributed by atoms with Crippen molar-refractivity contribution in [3.8, 4) is 5.88 Å². The average Bonchev–Trinajstić information content (AvgIpc) is 2.51. The smallest absolute Gasteiger partial charge is 0.254 e. The zero-order chi connectivity index (χ0) is 11.6. The van der Waals surface area contributed by atoms with Crippen LogP contribution in [0.5, 0.6) is 5.88 Å². The van der Waals surface area contributed by atoms with E-state index in [1.165, 1.54) is 6.92 Å². The topological polar surface area (TPSA) is 35.3 Å². The quantitative estimate of drug-likeness (QED) is 0.777. The largest absolute Gasteiger partial charge is 0.469 e. The van der Waals surface area contributed by atoms with Crippen LogP contribution in [0.4, 0.5) is 4.39 Å². The summed E-state index contributed by atoms with van der Waals surface area (Å²) in [4.78, 5) is 0. The molecule has 0 aromatic carbocycles. The molecule has 4 heteroatoms. The molecule has 1 rings (SSSR count). The SMILES string of the molecule is CC(F)C(C)Oc1cc(C(C)(C)C)on1. The molecule has 0 aliphatic rings. The molecule has 2 unspecified atom stereocenters. The van der Waals surface area contributed by atoms with Crippen LogP contribution >= 0.6 is 0 Å². The van der Waals surface area contributed by atoms with E-state index in [2.05, 4.69) is 5.16 Å². The number of nitrogens with zero attached hydrogens (tertiary/aromatic N) is 1. The van der Waals surface area contributed by atoms with Crippen molar-refractivity contribution in [3.63, 3.8) is 0 Å². The number of alkyl halides is 1. The first-order valence-corrected chi connectivity index (χ1v) is 5.08. The summed E-state index contributed by atoms with van der Waals surface area (Å²) in [5.74, 6) is 1.08. The van der Waals surface area contributed by atoms with Gasteiger partial charge in [-0.1, -0.05) is 20.8 Å². The van der Waals surface area contributed by atoms with Crippen molar-refractivity contribution in [2.45, 2.75) is 52.3 Å². The van der Waals surface area contributed by atoms with Crippen LogP contribution in [-0.4, -0.2) is 17.4 Å². The number of halogens is 1. The molecule has 3 nitrogen and oxygen atoms in total. The Bertz CT molecular complexity index is 315. The third-order valence-electron chi connectivity index (χ3n) is 2.18. The molecule has 15 heavy (non-hydrogen) atoms. The van der Waals surface area contributed by atoms with Gasteiger partial charge in [-0.3, -0.25) is 0 Å². The summed E-state index contributed by atoms with van der Waals surface area (Å²) in [7, 11) is 0. The van der Waals surface area contributed by atoms with Crippen LogP contribution < -0.4 is 4.74 Å². The Morgan fingerprint density at radius 3 is 2.40 bits per heavy atom. The van der Waals surface area contributed by atoms with Crippen LogP contribution in [0.3, 0.4) is 0 Å². The fourth-order valence-corrected chi connectivity index (χ4v) is 0.952. The van der Waals surface area contributed by atoms with Gasteiger partial charge >= 0.3 is 0 Å². The Morgan fingerprint density at radius 2 is 2.00 bits per heavy atom. The van der Waals surface area contributed by atoms with Crippen LogP contribution in [0.25, 0.3) is 0 Å². The third kappa shape index (κ3) is 3.22. The van der Waals surface area contributed by atoms with Gasteiger partial charge in [-0.25, -0.2) is 4.39 Å². The molecule has 0 spiro atoms. The minimum absolute atomic E-state index is 0.112. The second kappa shape index (κ2) is 4.21. The van der Waals surface area contributed by atoms with E-state index < -0.39 is 12.3 Å². The first kappa shape index (κ1) is 12.0. The number of hydrogen-bond donors (Lipinski definition) is 0. The number of hydrogen-bond acceptors (Lipinski definition) is 3. The Hall–Kier alpha value is -1.06. The second-order valence-electron chi connectivity index (χ2n) is 4.78. The van der Waals surface area contributed by atoms with Gasteiger partial charge in [0.2, 0.25) is 0 Å². The lowest BCUT2D eigenvalue weighted by Gasteiger charge is -2.13. The van der Waals surface area contributed by atoms with E-state index in [1.54, 1.807) is 13.0 Å². The molecule has 0 saturated heterocycles. The maximum atomic E-state index is 12.8. The van der Waals surface area contributed by atoms with Crippen LogP contribution in [-0.2, 0) is 5.41 Å². The van der Waals surface area contributed by atoms with Gasteiger partial charge in [0.05, 0.1) is 0 Å². The molecule has 0 amide bonds. The molecule has 2 atom stereocenters. The van der Waals surface area contributed by atoms with Crippen molar-refractivity contribution in [1.82, 2.24) is 5.16 Å². The highest BCUT2D eigenvalue weighted by molar-refractivity contribution is 5.17. The lowest BCUT2D eigenvalue weighted by Crippen LogP contribution is -2.22. The zero-order valence-electron chi connectivity index (χ0n) is 9.87. The summed E-state index contributed by atoms with van der Waals surface area (Å²) in [5.41, 5.74) is -0.112. The Balaban J connectivity index is 2.69. The van der Waals surface area contributed by atoms with Crippen molar-refractivity contribution >= 4 is 0 Å². The number of ether oxygens (including phenoxy) is 1. The molecule has 0 saturated carbocycles. The first-order valence-electron chi connectivity index (χ1n) is 5.08. The highest BCUT2D eigenvalue weighted by atomic mass is 19.1. The van der Waals surface area contributed by atoms with Crippen molar-refractivity contribution in [1.29, 1.82) is 0 Å². The maximum absolute atomic E-state index is 12.8. The van der Waals surface area contributed by atoms with E-state index in [-0.39, 0.29) is 5.41 Å². The first-order chi connectivity index (χ1) is 6.80. The van der Waals surface area contributed by atoms with Crippen molar-refractivity contribution in [2.75, 3.05) is 0 Å². The van der Waals surface area contributed by atoms with Gasteiger partial charge in [-0.05, 0) is 19.0 Å². The minimum Gasteiger partial charge on any atom is -0.469 e. The van der Waals surface area contributed by atoms with Gasteiger partial charge in [0.1, 0.15) is 18.0 Å². The van der Waals surface area contributed by atoms with Gasteiger partial charge in [-0.2, -0.15) is 0 Å². The predicted octanol–water partition coefficient (Wildman–Crippen LogP) is 3.10. The van der Waals surface area contributed by atoms with Crippen LogP contribution in [0.1, 0.15) is 40.4 Å². The van der Waals surface area contributed by atoms with Crippen LogP contribution in [0, 0.1) is 0 Å². The lowest BCUT2D eigenvalue weighted by atomic mass is 9.94. The van der Waals surface area contributed by atoms with Crippen LogP contribution in [0.2, 0.25) is 0 Å². The minimum atomic E-state index is -1.03. The summed E-state index contributed by atoms with van der Waals surface area (Å²) in [5, 5.41) is 3.74. The molecular weight excluding hydrogens is 197 g/mol. The average molecular weight is 215 g/mol. The van der Waals surface area contributed by atoms with Crippen molar-refractivity contribution in [2.24, 2.45) is 0 Å². The van der Waals surface area contributed by atoms with Gasteiger partial charge in [0.25, 0.3) is 5.88 Å². The van der Waals surface area contributed by atoms with E-state index >= 15 is 0 Å². The Morgan fingerprint density at radius 1 is 1.40 bits per heavy atom. The summed E-state index contributed by atoms with van der Waals surface area (Å²) in [6.45, 7) is 9.15. The Labute approximate surface area is 89.6 Å². The third-order valence-corrected chi connectivity index (χ3v) is 2.18. The van der Waals surface area contributed by atoms with E-state index in [9.17, 15) is 4.39 Å². The molecule has 0 aliphatic carbocycles. The highest BCUT2D eigenvalue weighted by Crippen LogP contribution is 2.26. The molecule has 0 N–H and O–H groups in total. The van der Waals surface area contributed by atoms with E-state index in [4.69, 9.17) is 9.26 Å². The van der Waals surface area contributed by atoms with E-state index in [0.29, 0.717) is 5.88 Å². The molecule has 1 aromatic heterocycles. The summed E-state index contributed by atoms with van der Waals surface area (Å²) in [6.07, 6.45) is -1.54. The molecule has 1 heterocycles. The molecule has 0 radical (unpaired) electrons. The van der Waals surface area contributed by atoms with Crippen molar-refractivity contribution < 1.29 is 13.7 Å². The van der Waals surface area contributed by atoms with Crippen LogP contribution in [0.15, 0.2) is 10.6 Å². The Kier molecular flexibility index (Phi) is 3.37. The molecular formula is C11H18FNO2. The molecule has 0 bridgehead atoms.